The molecule has 0 saturated carbocycles. The summed E-state index contributed by atoms with van der Waals surface area (Å²) in [6, 6.07) is 3.29. The van der Waals surface area contributed by atoms with Crippen molar-refractivity contribution in [2.75, 3.05) is 27.4 Å². The van der Waals surface area contributed by atoms with Crippen molar-refractivity contribution in [3.05, 3.63) is 22.6 Å². The summed E-state index contributed by atoms with van der Waals surface area (Å²) in [5, 5.41) is 9.98. The number of aromatic hydroxyl groups is 1. The van der Waals surface area contributed by atoms with E-state index >= 15 is 0 Å². The standard InChI is InChI=1S/C17H19NO5S2/c1-21-12-6-10(7-13(22-2)15(12)19)8-14-16(20)18(17(24)25-14)9-11-4-3-5-23-11/h6-8,11,19H,3-5,9H2,1-2H3/b14-8-. The zero-order chi connectivity index (χ0) is 18.0. The summed E-state index contributed by atoms with van der Waals surface area (Å²) < 4.78 is 16.4. The molecule has 0 aromatic heterocycles. The van der Waals surface area contributed by atoms with Crippen LogP contribution in [0.4, 0.5) is 0 Å². The summed E-state index contributed by atoms with van der Waals surface area (Å²) >= 11 is 6.61. The number of benzene rings is 1. The van der Waals surface area contributed by atoms with Gasteiger partial charge in [0.25, 0.3) is 5.91 Å². The maximum absolute atomic E-state index is 12.7. The van der Waals surface area contributed by atoms with Gasteiger partial charge in [0.2, 0.25) is 5.75 Å². The van der Waals surface area contributed by atoms with E-state index in [2.05, 4.69) is 0 Å². The molecule has 6 nitrogen and oxygen atoms in total. The number of thioether (sulfide) groups is 1. The molecule has 2 saturated heterocycles. The van der Waals surface area contributed by atoms with Crippen LogP contribution in [0.1, 0.15) is 18.4 Å². The summed E-state index contributed by atoms with van der Waals surface area (Å²) in [5.41, 5.74) is 0.684. The molecule has 0 bridgehead atoms. The lowest BCUT2D eigenvalue weighted by atomic mass is 10.1. The van der Waals surface area contributed by atoms with E-state index in [-0.39, 0.29) is 29.3 Å². The normalized spacial score (nSPS) is 22.1. The molecule has 2 aliphatic heterocycles. The molecule has 134 valence electrons. The van der Waals surface area contributed by atoms with E-state index in [0.717, 1.165) is 19.4 Å². The third-order valence-corrected chi connectivity index (χ3v) is 5.46. The molecule has 1 atom stereocenters. The second-order valence-electron chi connectivity index (χ2n) is 5.70. The SMILES string of the molecule is COc1cc(/C=C2\SC(=S)N(CC3CCCO3)C2=O)cc(OC)c1O. The van der Waals surface area contributed by atoms with Crippen LogP contribution in [0.2, 0.25) is 0 Å². The fourth-order valence-electron chi connectivity index (χ4n) is 2.80. The number of carbonyl (C=O) groups is 1. The second-order valence-corrected chi connectivity index (χ2v) is 7.38. The van der Waals surface area contributed by atoms with Gasteiger partial charge >= 0.3 is 0 Å². The van der Waals surface area contributed by atoms with Gasteiger partial charge in [-0.15, -0.1) is 0 Å². The Hall–Kier alpha value is -1.77. The number of amides is 1. The van der Waals surface area contributed by atoms with Crippen LogP contribution < -0.4 is 9.47 Å². The highest BCUT2D eigenvalue weighted by atomic mass is 32.2. The molecular formula is C17H19NO5S2. The third kappa shape index (κ3) is 3.75. The van der Waals surface area contributed by atoms with Gasteiger partial charge < -0.3 is 19.3 Å². The molecule has 25 heavy (non-hydrogen) atoms. The highest BCUT2D eigenvalue weighted by molar-refractivity contribution is 8.26. The zero-order valence-corrected chi connectivity index (χ0v) is 15.6. The van der Waals surface area contributed by atoms with Gasteiger partial charge in [-0.25, -0.2) is 0 Å². The van der Waals surface area contributed by atoms with Gasteiger partial charge in [0.1, 0.15) is 4.32 Å². The maximum Gasteiger partial charge on any atom is 0.266 e. The average molecular weight is 381 g/mol. The fourth-order valence-corrected chi connectivity index (χ4v) is 4.07. The molecule has 1 amide bonds. The Morgan fingerprint density at radius 2 is 2.08 bits per heavy atom. The van der Waals surface area contributed by atoms with E-state index in [1.54, 1.807) is 23.1 Å². The highest BCUT2D eigenvalue weighted by Crippen LogP contribution is 2.39. The Labute approximate surface area is 155 Å². The van der Waals surface area contributed by atoms with Gasteiger partial charge in [0.15, 0.2) is 11.5 Å². The molecular weight excluding hydrogens is 362 g/mol. The monoisotopic (exact) mass is 381 g/mol. The predicted molar refractivity (Wildman–Crippen MR) is 100 cm³/mol. The van der Waals surface area contributed by atoms with Gasteiger partial charge in [-0.3, -0.25) is 9.69 Å². The Morgan fingerprint density at radius 3 is 2.64 bits per heavy atom. The molecule has 1 unspecified atom stereocenters. The van der Waals surface area contributed by atoms with E-state index in [1.807, 2.05) is 0 Å². The smallest absolute Gasteiger partial charge is 0.266 e. The van der Waals surface area contributed by atoms with Crippen molar-refractivity contribution >= 4 is 40.3 Å². The molecule has 2 fully saturated rings. The summed E-state index contributed by atoms with van der Waals surface area (Å²) in [6.07, 6.45) is 3.74. The molecule has 2 heterocycles. The summed E-state index contributed by atoms with van der Waals surface area (Å²) in [4.78, 5) is 14.8. The van der Waals surface area contributed by atoms with Crippen molar-refractivity contribution in [2.24, 2.45) is 0 Å². The van der Waals surface area contributed by atoms with Crippen LogP contribution in [0.15, 0.2) is 17.0 Å². The maximum atomic E-state index is 12.7. The number of phenolic OH excluding ortho intramolecular Hbond substituents is 1. The van der Waals surface area contributed by atoms with Crippen molar-refractivity contribution < 1.29 is 24.1 Å². The van der Waals surface area contributed by atoms with Crippen molar-refractivity contribution in [1.29, 1.82) is 0 Å². The molecule has 0 aliphatic carbocycles. The third-order valence-electron chi connectivity index (χ3n) is 4.08. The van der Waals surface area contributed by atoms with Crippen molar-refractivity contribution in [3.63, 3.8) is 0 Å². The first kappa shape index (κ1) is 18.0. The lowest BCUT2D eigenvalue weighted by Gasteiger charge is -2.18. The highest BCUT2D eigenvalue weighted by Gasteiger charge is 2.34. The Bertz CT molecular complexity index is 703. The Morgan fingerprint density at radius 1 is 1.40 bits per heavy atom. The molecule has 0 radical (unpaired) electrons. The van der Waals surface area contributed by atoms with Crippen LogP contribution in [-0.2, 0) is 9.53 Å². The summed E-state index contributed by atoms with van der Waals surface area (Å²) in [6.45, 7) is 1.23. The predicted octanol–water partition coefficient (Wildman–Crippen LogP) is 2.79. The fraction of sp³-hybridized carbons (Fsp3) is 0.412. The van der Waals surface area contributed by atoms with Crippen LogP contribution in [0.25, 0.3) is 6.08 Å². The number of rotatable bonds is 5. The summed E-state index contributed by atoms with van der Waals surface area (Å²) in [7, 11) is 2.92. The van der Waals surface area contributed by atoms with E-state index in [4.69, 9.17) is 26.4 Å². The Balaban J connectivity index is 1.84. The zero-order valence-electron chi connectivity index (χ0n) is 14.0. The number of nitrogens with zero attached hydrogens (tertiary/aromatic N) is 1. The summed E-state index contributed by atoms with van der Waals surface area (Å²) in [5.74, 6) is 0.352. The number of methoxy groups -OCH3 is 2. The molecule has 1 aromatic rings. The van der Waals surface area contributed by atoms with Crippen LogP contribution in [0, 0.1) is 0 Å². The van der Waals surface area contributed by atoms with Crippen molar-refractivity contribution in [2.45, 2.75) is 18.9 Å². The number of hydrogen-bond acceptors (Lipinski definition) is 7. The van der Waals surface area contributed by atoms with Crippen LogP contribution >= 0.6 is 24.0 Å². The van der Waals surface area contributed by atoms with Crippen LogP contribution in [0.3, 0.4) is 0 Å². The Kier molecular flexibility index (Phi) is 5.51. The van der Waals surface area contributed by atoms with E-state index < -0.39 is 0 Å². The van der Waals surface area contributed by atoms with Crippen molar-refractivity contribution in [1.82, 2.24) is 4.90 Å². The lowest BCUT2D eigenvalue weighted by molar-refractivity contribution is -0.123. The molecule has 0 spiro atoms. The lowest BCUT2D eigenvalue weighted by Crippen LogP contribution is -2.35. The van der Waals surface area contributed by atoms with E-state index in [0.29, 0.717) is 21.3 Å². The van der Waals surface area contributed by atoms with Gasteiger partial charge in [-0.2, -0.15) is 0 Å². The first-order valence-corrected chi connectivity index (χ1v) is 9.08. The number of carbonyl (C=O) groups excluding carboxylic acids is 1. The minimum atomic E-state index is -0.128. The molecule has 2 aliphatic rings. The largest absolute Gasteiger partial charge is 0.502 e. The molecule has 1 aromatic carbocycles. The average Bonchev–Trinajstić information content (AvgIpc) is 3.20. The molecule has 3 rings (SSSR count). The molecule has 8 heteroatoms. The number of hydrogen-bond donors (Lipinski definition) is 1. The quantitative estimate of drug-likeness (QED) is 0.621. The van der Waals surface area contributed by atoms with Gasteiger partial charge in [-0.1, -0.05) is 24.0 Å². The van der Waals surface area contributed by atoms with Gasteiger partial charge in [-0.05, 0) is 36.6 Å². The van der Waals surface area contributed by atoms with Gasteiger partial charge in [0.05, 0.1) is 31.8 Å². The van der Waals surface area contributed by atoms with Crippen LogP contribution in [0.5, 0.6) is 17.2 Å². The van der Waals surface area contributed by atoms with Crippen molar-refractivity contribution in [3.8, 4) is 17.2 Å². The molecule has 1 N–H and O–H groups in total. The second kappa shape index (κ2) is 7.63. The van der Waals surface area contributed by atoms with Crippen LogP contribution in [-0.4, -0.2) is 53.7 Å². The number of thiocarbonyl (C=S) groups is 1. The minimum absolute atomic E-state index is 0.0516. The number of phenols is 1. The van der Waals surface area contributed by atoms with Gasteiger partial charge in [0, 0.05) is 6.61 Å². The van der Waals surface area contributed by atoms with E-state index in [1.165, 1.54) is 26.0 Å². The first-order chi connectivity index (χ1) is 12.0. The first-order valence-electron chi connectivity index (χ1n) is 7.85. The number of ether oxygens (including phenoxy) is 3. The van der Waals surface area contributed by atoms with E-state index in [9.17, 15) is 9.90 Å². The minimum Gasteiger partial charge on any atom is -0.502 e. The topological polar surface area (TPSA) is 68.2 Å².